The van der Waals surface area contributed by atoms with E-state index in [1.807, 2.05) is 0 Å². The molecule has 0 fully saturated rings. The van der Waals surface area contributed by atoms with E-state index in [9.17, 15) is 9.18 Å². The zero-order chi connectivity index (χ0) is 13.1. The van der Waals surface area contributed by atoms with Gasteiger partial charge in [-0.2, -0.15) is 0 Å². The van der Waals surface area contributed by atoms with E-state index in [0.29, 0.717) is 17.0 Å². The van der Waals surface area contributed by atoms with Crippen LogP contribution >= 0.6 is 0 Å². The summed E-state index contributed by atoms with van der Waals surface area (Å²) in [6.07, 6.45) is 1.50. The zero-order valence-corrected chi connectivity index (χ0v) is 9.68. The van der Waals surface area contributed by atoms with Crippen molar-refractivity contribution in [3.63, 3.8) is 0 Å². The normalized spacial score (nSPS) is 10.1. The largest absolute Gasteiger partial charge is 0.481 e. The third-order valence-electron chi connectivity index (χ3n) is 2.52. The highest BCUT2D eigenvalue weighted by Gasteiger charge is 2.15. The maximum absolute atomic E-state index is 13.6. The zero-order valence-electron chi connectivity index (χ0n) is 9.68. The van der Waals surface area contributed by atoms with Crippen LogP contribution in [0.3, 0.4) is 0 Å². The summed E-state index contributed by atoms with van der Waals surface area (Å²) in [4.78, 5) is 15.3. The van der Waals surface area contributed by atoms with Gasteiger partial charge in [-0.3, -0.25) is 4.79 Å². The van der Waals surface area contributed by atoms with Gasteiger partial charge in [0.2, 0.25) is 5.88 Å². The first-order chi connectivity index (χ1) is 8.63. The molecule has 0 spiro atoms. The van der Waals surface area contributed by atoms with Crippen LogP contribution in [0.2, 0.25) is 0 Å². The Hall–Kier alpha value is -2.43. The highest BCUT2D eigenvalue weighted by Crippen LogP contribution is 2.25. The molecule has 5 heteroatoms. The van der Waals surface area contributed by atoms with Gasteiger partial charge in [-0.25, -0.2) is 9.37 Å². The molecule has 2 aromatic rings. The number of primary amides is 1. The number of halogens is 1. The number of rotatable bonds is 3. The fourth-order valence-corrected chi connectivity index (χ4v) is 1.68. The van der Waals surface area contributed by atoms with Gasteiger partial charge in [0.1, 0.15) is 5.82 Å². The van der Waals surface area contributed by atoms with E-state index in [1.165, 1.54) is 25.4 Å². The van der Waals surface area contributed by atoms with Gasteiger partial charge in [0.15, 0.2) is 0 Å². The maximum atomic E-state index is 13.6. The molecule has 0 bridgehead atoms. The Labute approximate surface area is 103 Å². The number of hydrogen-bond donors (Lipinski definition) is 1. The first kappa shape index (κ1) is 12.0. The SMILES string of the molecule is COc1ccc(-c2cccc(F)c2C(N)=O)cn1. The molecular weight excluding hydrogens is 235 g/mol. The molecule has 0 aliphatic rings. The molecule has 92 valence electrons. The Kier molecular flexibility index (Phi) is 3.23. The van der Waals surface area contributed by atoms with Crippen molar-refractivity contribution in [3.05, 3.63) is 47.9 Å². The number of nitrogens with zero attached hydrogens (tertiary/aromatic N) is 1. The minimum absolute atomic E-state index is 0.135. The molecule has 1 amide bonds. The summed E-state index contributed by atoms with van der Waals surface area (Å²) < 4.78 is 18.5. The first-order valence-corrected chi connectivity index (χ1v) is 5.22. The number of methoxy groups -OCH3 is 1. The second kappa shape index (κ2) is 4.83. The van der Waals surface area contributed by atoms with Gasteiger partial charge in [0.05, 0.1) is 12.7 Å². The summed E-state index contributed by atoms with van der Waals surface area (Å²) in [5.74, 6) is -1.01. The van der Waals surface area contributed by atoms with Crippen molar-refractivity contribution in [2.24, 2.45) is 5.73 Å². The fourth-order valence-electron chi connectivity index (χ4n) is 1.68. The van der Waals surface area contributed by atoms with Crippen molar-refractivity contribution in [2.75, 3.05) is 7.11 Å². The molecule has 0 aliphatic carbocycles. The smallest absolute Gasteiger partial charge is 0.252 e. The van der Waals surface area contributed by atoms with Crippen LogP contribution in [0, 0.1) is 5.82 Å². The molecule has 18 heavy (non-hydrogen) atoms. The summed E-state index contributed by atoms with van der Waals surface area (Å²) >= 11 is 0. The molecule has 0 radical (unpaired) electrons. The highest BCUT2D eigenvalue weighted by molar-refractivity contribution is 6.00. The standard InChI is InChI=1S/C13H11FN2O2/c1-18-11-6-5-8(7-16-11)9-3-2-4-10(14)12(9)13(15)17/h2-7H,1H3,(H2,15,17). The monoisotopic (exact) mass is 246 g/mol. The topological polar surface area (TPSA) is 65.2 Å². The molecule has 0 atom stereocenters. The molecule has 2 N–H and O–H groups in total. The number of carbonyl (C=O) groups excluding carboxylic acids is 1. The van der Waals surface area contributed by atoms with Gasteiger partial charge in [-0.1, -0.05) is 12.1 Å². The van der Waals surface area contributed by atoms with E-state index in [2.05, 4.69) is 4.98 Å². The van der Waals surface area contributed by atoms with Crippen molar-refractivity contribution in [2.45, 2.75) is 0 Å². The molecule has 0 saturated heterocycles. The van der Waals surface area contributed by atoms with Crippen molar-refractivity contribution < 1.29 is 13.9 Å². The van der Waals surface area contributed by atoms with Crippen molar-refractivity contribution >= 4 is 5.91 Å². The lowest BCUT2D eigenvalue weighted by molar-refractivity contribution is 0.0997. The summed E-state index contributed by atoms with van der Waals surface area (Å²) in [6, 6.07) is 7.65. The molecule has 2 rings (SSSR count). The quantitative estimate of drug-likeness (QED) is 0.900. The Morgan fingerprint density at radius 3 is 2.67 bits per heavy atom. The molecule has 0 unspecified atom stereocenters. The van der Waals surface area contributed by atoms with Crippen LogP contribution in [0.25, 0.3) is 11.1 Å². The molecule has 1 heterocycles. The Balaban J connectivity index is 2.56. The molecule has 0 aliphatic heterocycles. The highest BCUT2D eigenvalue weighted by atomic mass is 19.1. The third-order valence-corrected chi connectivity index (χ3v) is 2.52. The summed E-state index contributed by atoms with van der Waals surface area (Å²) in [7, 11) is 1.50. The number of hydrogen-bond acceptors (Lipinski definition) is 3. The summed E-state index contributed by atoms with van der Waals surface area (Å²) in [5, 5.41) is 0. The van der Waals surface area contributed by atoms with Gasteiger partial charge in [0.25, 0.3) is 5.91 Å². The van der Waals surface area contributed by atoms with Crippen LogP contribution in [0.1, 0.15) is 10.4 Å². The number of amides is 1. The fraction of sp³-hybridized carbons (Fsp3) is 0.0769. The van der Waals surface area contributed by atoms with Crippen molar-refractivity contribution in [1.29, 1.82) is 0 Å². The van der Waals surface area contributed by atoms with Crippen LogP contribution < -0.4 is 10.5 Å². The molecular formula is C13H11FN2O2. The average molecular weight is 246 g/mol. The van der Waals surface area contributed by atoms with Crippen molar-refractivity contribution in [3.8, 4) is 17.0 Å². The van der Waals surface area contributed by atoms with E-state index in [0.717, 1.165) is 0 Å². The van der Waals surface area contributed by atoms with E-state index in [1.54, 1.807) is 18.2 Å². The maximum Gasteiger partial charge on any atom is 0.252 e. The lowest BCUT2D eigenvalue weighted by Crippen LogP contribution is -2.14. The summed E-state index contributed by atoms with van der Waals surface area (Å²) in [5.41, 5.74) is 6.07. The first-order valence-electron chi connectivity index (χ1n) is 5.22. The van der Waals surface area contributed by atoms with Crippen LogP contribution in [0.4, 0.5) is 4.39 Å². The minimum Gasteiger partial charge on any atom is -0.481 e. The minimum atomic E-state index is -0.807. The average Bonchev–Trinajstić information content (AvgIpc) is 2.38. The second-order valence-electron chi connectivity index (χ2n) is 3.62. The van der Waals surface area contributed by atoms with Gasteiger partial charge >= 0.3 is 0 Å². The number of benzene rings is 1. The lowest BCUT2D eigenvalue weighted by atomic mass is 10.0. The van der Waals surface area contributed by atoms with Crippen LogP contribution in [-0.2, 0) is 0 Å². The predicted octanol–water partition coefficient (Wildman–Crippen LogP) is 2.00. The second-order valence-corrected chi connectivity index (χ2v) is 3.62. The Morgan fingerprint density at radius 2 is 2.11 bits per heavy atom. The third kappa shape index (κ3) is 2.15. The van der Waals surface area contributed by atoms with E-state index < -0.39 is 11.7 Å². The summed E-state index contributed by atoms with van der Waals surface area (Å²) in [6.45, 7) is 0. The number of ether oxygens (including phenoxy) is 1. The molecule has 1 aromatic carbocycles. The number of pyridine rings is 1. The number of carbonyl (C=O) groups is 1. The van der Waals surface area contributed by atoms with Gasteiger partial charge in [-0.15, -0.1) is 0 Å². The van der Waals surface area contributed by atoms with Gasteiger partial charge in [0, 0.05) is 17.8 Å². The van der Waals surface area contributed by atoms with Crippen LogP contribution in [0.15, 0.2) is 36.5 Å². The van der Waals surface area contributed by atoms with E-state index in [4.69, 9.17) is 10.5 Å². The van der Waals surface area contributed by atoms with E-state index >= 15 is 0 Å². The number of aromatic nitrogens is 1. The van der Waals surface area contributed by atoms with Crippen molar-refractivity contribution in [1.82, 2.24) is 4.98 Å². The van der Waals surface area contributed by atoms with E-state index in [-0.39, 0.29) is 5.56 Å². The lowest BCUT2D eigenvalue weighted by Gasteiger charge is -2.08. The van der Waals surface area contributed by atoms with Gasteiger partial charge < -0.3 is 10.5 Å². The Morgan fingerprint density at radius 1 is 1.33 bits per heavy atom. The molecule has 1 aromatic heterocycles. The number of nitrogens with two attached hydrogens (primary N) is 1. The Bertz CT molecular complexity index is 582. The molecule has 4 nitrogen and oxygen atoms in total. The molecule has 0 saturated carbocycles. The van der Waals surface area contributed by atoms with Crippen LogP contribution in [-0.4, -0.2) is 18.0 Å². The predicted molar refractivity (Wildman–Crippen MR) is 64.7 cm³/mol. The van der Waals surface area contributed by atoms with Crippen LogP contribution in [0.5, 0.6) is 5.88 Å². The van der Waals surface area contributed by atoms with Gasteiger partial charge in [-0.05, 0) is 17.7 Å².